The summed E-state index contributed by atoms with van der Waals surface area (Å²) in [6.07, 6.45) is 3.49. The molecule has 1 aromatic carbocycles. The fourth-order valence-corrected chi connectivity index (χ4v) is 2.99. The number of benzene rings is 1. The number of nitrogens with one attached hydrogen (secondary N) is 1. The molecule has 114 valence electrons. The maximum atomic E-state index is 13.4. The van der Waals surface area contributed by atoms with Gasteiger partial charge in [-0.1, -0.05) is 6.07 Å². The van der Waals surface area contributed by atoms with Crippen molar-refractivity contribution in [3.8, 4) is 0 Å². The molecule has 1 atom stereocenters. The van der Waals surface area contributed by atoms with Gasteiger partial charge < -0.3 is 10.2 Å². The van der Waals surface area contributed by atoms with Crippen LogP contribution in [-0.4, -0.2) is 35.4 Å². The highest BCUT2D eigenvalue weighted by molar-refractivity contribution is 9.10. The lowest BCUT2D eigenvalue weighted by Crippen LogP contribution is -2.48. The van der Waals surface area contributed by atoms with Crippen LogP contribution in [0.25, 0.3) is 0 Å². The number of amides is 1. The number of halogens is 2. The van der Waals surface area contributed by atoms with Crippen LogP contribution in [0.2, 0.25) is 0 Å². The van der Waals surface area contributed by atoms with Gasteiger partial charge in [0.1, 0.15) is 5.82 Å². The second kappa shape index (κ2) is 6.54. The average Bonchev–Trinajstić information content (AvgIpc) is 2.57. The maximum Gasteiger partial charge on any atom is 0.254 e. The van der Waals surface area contributed by atoms with Gasteiger partial charge in [-0.05, 0) is 45.8 Å². The zero-order valence-electron chi connectivity index (χ0n) is 11.8. The zero-order chi connectivity index (χ0) is 15.5. The molecule has 1 saturated heterocycles. The Morgan fingerprint density at radius 1 is 1.41 bits per heavy atom. The van der Waals surface area contributed by atoms with Crippen molar-refractivity contribution in [3.63, 3.8) is 0 Å². The molecule has 1 amide bonds. The molecular formula is C16H15BrFN3O. The molecular weight excluding hydrogens is 349 g/mol. The van der Waals surface area contributed by atoms with E-state index in [9.17, 15) is 9.18 Å². The zero-order valence-corrected chi connectivity index (χ0v) is 13.4. The summed E-state index contributed by atoms with van der Waals surface area (Å²) in [4.78, 5) is 18.7. The Morgan fingerprint density at radius 2 is 2.27 bits per heavy atom. The Hall–Kier alpha value is -1.79. The molecule has 0 saturated carbocycles. The molecule has 0 spiro atoms. The molecule has 2 aromatic rings. The summed E-state index contributed by atoms with van der Waals surface area (Å²) in [5, 5.41) is 3.30. The van der Waals surface area contributed by atoms with E-state index in [-0.39, 0.29) is 17.8 Å². The molecule has 22 heavy (non-hydrogen) atoms. The standard InChI is InChI=1S/C16H15BrFN3O/c17-13-8-11(3-4-14(13)18)16(22)21-7-6-20-10-15(21)12-2-1-5-19-9-12/h1-5,8-9,15,20H,6-7,10H2. The van der Waals surface area contributed by atoms with E-state index in [1.807, 2.05) is 17.0 Å². The molecule has 6 heteroatoms. The number of carbonyl (C=O) groups excluding carboxylic acids is 1. The average molecular weight is 364 g/mol. The van der Waals surface area contributed by atoms with E-state index in [4.69, 9.17) is 0 Å². The van der Waals surface area contributed by atoms with Gasteiger partial charge in [0.25, 0.3) is 5.91 Å². The van der Waals surface area contributed by atoms with Gasteiger partial charge >= 0.3 is 0 Å². The van der Waals surface area contributed by atoms with Crippen LogP contribution in [0.4, 0.5) is 4.39 Å². The minimum Gasteiger partial charge on any atom is -0.329 e. The summed E-state index contributed by atoms with van der Waals surface area (Å²) in [5.41, 5.74) is 1.47. The fourth-order valence-electron chi connectivity index (χ4n) is 2.61. The fraction of sp³-hybridized carbons (Fsp3) is 0.250. The summed E-state index contributed by atoms with van der Waals surface area (Å²) in [6.45, 7) is 2.03. The highest BCUT2D eigenvalue weighted by Crippen LogP contribution is 2.25. The summed E-state index contributed by atoms with van der Waals surface area (Å²) < 4.78 is 13.7. The van der Waals surface area contributed by atoms with Gasteiger partial charge in [0.2, 0.25) is 0 Å². The van der Waals surface area contributed by atoms with Crippen molar-refractivity contribution in [2.24, 2.45) is 0 Å². The normalized spacial score (nSPS) is 18.3. The second-order valence-electron chi connectivity index (χ2n) is 5.13. The third-order valence-corrected chi connectivity index (χ3v) is 4.35. The van der Waals surface area contributed by atoms with Crippen LogP contribution < -0.4 is 5.32 Å². The van der Waals surface area contributed by atoms with E-state index in [2.05, 4.69) is 26.2 Å². The summed E-state index contributed by atoms with van der Waals surface area (Å²) in [7, 11) is 0. The van der Waals surface area contributed by atoms with E-state index in [1.54, 1.807) is 12.4 Å². The van der Waals surface area contributed by atoms with Crippen molar-refractivity contribution in [3.05, 3.63) is 64.1 Å². The number of nitrogens with zero attached hydrogens (tertiary/aromatic N) is 2. The quantitative estimate of drug-likeness (QED) is 0.892. The third-order valence-electron chi connectivity index (χ3n) is 3.74. The van der Waals surface area contributed by atoms with E-state index < -0.39 is 0 Å². The monoisotopic (exact) mass is 363 g/mol. The molecule has 4 nitrogen and oxygen atoms in total. The molecule has 1 unspecified atom stereocenters. The van der Waals surface area contributed by atoms with Crippen LogP contribution in [0.3, 0.4) is 0 Å². The molecule has 2 heterocycles. The first kappa shape index (κ1) is 15.1. The van der Waals surface area contributed by atoms with Crippen molar-refractivity contribution < 1.29 is 9.18 Å². The lowest BCUT2D eigenvalue weighted by molar-refractivity contribution is 0.0634. The Bertz CT molecular complexity index is 680. The highest BCUT2D eigenvalue weighted by atomic mass is 79.9. The molecule has 0 bridgehead atoms. The molecule has 1 aliphatic heterocycles. The van der Waals surface area contributed by atoms with Gasteiger partial charge in [-0.25, -0.2) is 4.39 Å². The van der Waals surface area contributed by atoms with E-state index >= 15 is 0 Å². The van der Waals surface area contributed by atoms with Crippen LogP contribution in [0.1, 0.15) is 22.0 Å². The van der Waals surface area contributed by atoms with Crippen molar-refractivity contribution in [1.82, 2.24) is 15.2 Å². The molecule has 0 radical (unpaired) electrons. The van der Waals surface area contributed by atoms with Crippen molar-refractivity contribution in [1.29, 1.82) is 0 Å². The number of hydrogen-bond donors (Lipinski definition) is 1. The van der Waals surface area contributed by atoms with E-state index in [1.165, 1.54) is 18.2 Å². The summed E-state index contributed by atoms with van der Waals surface area (Å²) in [5.74, 6) is -0.475. The number of carbonyl (C=O) groups is 1. The van der Waals surface area contributed by atoms with E-state index in [0.717, 1.165) is 12.1 Å². The van der Waals surface area contributed by atoms with Crippen LogP contribution in [0, 0.1) is 5.82 Å². The topological polar surface area (TPSA) is 45.2 Å². The van der Waals surface area contributed by atoms with Gasteiger partial charge in [-0.2, -0.15) is 0 Å². The van der Waals surface area contributed by atoms with Crippen LogP contribution in [0.5, 0.6) is 0 Å². The first-order valence-corrected chi connectivity index (χ1v) is 7.83. The van der Waals surface area contributed by atoms with Gasteiger partial charge in [0.15, 0.2) is 0 Å². The minimum atomic E-state index is -0.374. The lowest BCUT2D eigenvalue weighted by atomic mass is 10.0. The Kier molecular flexibility index (Phi) is 4.49. The van der Waals surface area contributed by atoms with Crippen LogP contribution >= 0.6 is 15.9 Å². The maximum absolute atomic E-state index is 13.4. The minimum absolute atomic E-state index is 0.0706. The Labute approximate surface area is 136 Å². The summed E-state index contributed by atoms with van der Waals surface area (Å²) >= 11 is 3.13. The predicted molar refractivity (Wildman–Crippen MR) is 85.0 cm³/mol. The molecule has 1 aromatic heterocycles. The van der Waals surface area contributed by atoms with Crippen molar-refractivity contribution >= 4 is 21.8 Å². The van der Waals surface area contributed by atoms with Gasteiger partial charge in [0.05, 0.1) is 10.5 Å². The van der Waals surface area contributed by atoms with Gasteiger partial charge in [0, 0.05) is 37.6 Å². The lowest BCUT2D eigenvalue weighted by Gasteiger charge is -2.36. The first-order valence-electron chi connectivity index (χ1n) is 7.03. The second-order valence-corrected chi connectivity index (χ2v) is 5.99. The van der Waals surface area contributed by atoms with Gasteiger partial charge in [-0.3, -0.25) is 9.78 Å². The highest BCUT2D eigenvalue weighted by Gasteiger charge is 2.28. The Balaban J connectivity index is 1.90. The molecule has 3 rings (SSSR count). The van der Waals surface area contributed by atoms with Crippen LogP contribution in [0.15, 0.2) is 47.2 Å². The number of piperazine rings is 1. The first-order chi connectivity index (χ1) is 10.7. The molecule has 1 N–H and O–H groups in total. The number of hydrogen-bond acceptors (Lipinski definition) is 3. The van der Waals surface area contributed by atoms with Crippen LogP contribution in [-0.2, 0) is 0 Å². The smallest absolute Gasteiger partial charge is 0.254 e. The number of rotatable bonds is 2. The number of aromatic nitrogens is 1. The van der Waals surface area contributed by atoms with E-state index in [0.29, 0.717) is 23.1 Å². The molecule has 1 fully saturated rings. The SMILES string of the molecule is O=C(c1ccc(F)c(Br)c1)N1CCNCC1c1cccnc1. The summed E-state index contributed by atoms with van der Waals surface area (Å²) in [6, 6.07) is 8.11. The third kappa shape index (κ3) is 3.03. The molecule has 0 aliphatic carbocycles. The van der Waals surface area contributed by atoms with Gasteiger partial charge in [-0.15, -0.1) is 0 Å². The van der Waals surface area contributed by atoms with Crippen molar-refractivity contribution in [2.75, 3.05) is 19.6 Å². The Morgan fingerprint density at radius 3 is 3.00 bits per heavy atom. The molecule has 1 aliphatic rings. The predicted octanol–water partition coefficient (Wildman–Crippen LogP) is 2.77. The number of pyridine rings is 1. The van der Waals surface area contributed by atoms with Crippen molar-refractivity contribution in [2.45, 2.75) is 6.04 Å². The largest absolute Gasteiger partial charge is 0.329 e.